The van der Waals surface area contributed by atoms with Crippen LogP contribution in [0, 0.1) is 3.57 Å². The molecule has 0 bridgehead atoms. The van der Waals surface area contributed by atoms with Crippen molar-refractivity contribution >= 4 is 22.6 Å². The summed E-state index contributed by atoms with van der Waals surface area (Å²) in [6.07, 6.45) is 2.62. The van der Waals surface area contributed by atoms with Gasteiger partial charge in [-0.3, -0.25) is 11.3 Å². The number of ether oxygens (including phenoxy) is 2. The molecule has 1 heterocycles. The van der Waals surface area contributed by atoms with E-state index in [0.29, 0.717) is 0 Å². The first-order chi connectivity index (χ1) is 9.20. The number of halogens is 1. The first kappa shape index (κ1) is 15.2. The Kier molecular flexibility index (Phi) is 5.58. The van der Waals surface area contributed by atoms with Crippen molar-refractivity contribution in [1.82, 2.24) is 5.43 Å². The third-order valence-electron chi connectivity index (χ3n) is 3.94. The first-order valence-electron chi connectivity index (χ1n) is 6.54. The van der Waals surface area contributed by atoms with Gasteiger partial charge in [0, 0.05) is 36.7 Å². The summed E-state index contributed by atoms with van der Waals surface area (Å²) < 4.78 is 12.5. The highest BCUT2D eigenvalue weighted by Crippen LogP contribution is 2.30. The van der Waals surface area contributed by atoms with Crippen LogP contribution in [-0.4, -0.2) is 32.0 Å². The van der Waals surface area contributed by atoms with E-state index in [1.165, 1.54) is 9.13 Å². The number of nitrogens with two attached hydrogens (primary N) is 1. The van der Waals surface area contributed by atoms with Crippen LogP contribution in [0.15, 0.2) is 24.3 Å². The minimum atomic E-state index is -0.226. The minimum absolute atomic E-state index is 0.0986. The van der Waals surface area contributed by atoms with Gasteiger partial charge < -0.3 is 9.47 Å². The van der Waals surface area contributed by atoms with Crippen molar-refractivity contribution in [2.75, 3.05) is 20.3 Å². The van der Waals surface area contributed by atoms with Gasteiger partial charge in [-0.05, 0) is 46.7 Å². The van der Waals surface area contributed by atoms with Crippen LogP contribution in [0.25, 0.3) is 0 Å². The molecule has 0 spiro atoms. The smallest absolute Gasteiger partial charge is 0.0891 e. The highest BCUT2D eigenvalue weighted by atomic mass is 127. The average molecular weight is 376 g/mol. The molecular formula is C14H21IN2O2. The molecule has 0 amide bonds. The highest BCUT2D eigenvalue weighted by Gasteiger charge is 2.40. The minimum Gasteiger partial charge on any atom is -0.381 e. The van der Waals surface area contributed by atoms with E-state index in [2.05, 4.69) is 52.3 Å². The molecule has 1 aliphatic rings. The van der Waals surface area contributed by atoms with Gasteiger partial charge in [-0.15, -0.1) is 0 Å². The number of nitrogens with one attached hydrogen (secondary N) is 1. The van der Waals surface area contributed by atoms with Gasteiger partial charge in [0.1, 0.15) is 0 Å². The third kappa shape index (κ3) is 3.66. The summed E-state index contributed by atoms with van der Waals surface area (Å²) in [6, 6.07) is 8.63. The molecule has 2 rings (SSSR count). The summed E-state index contributed by atoms with van der Waals surface area (Å²) in [5.41, 5.74) is 3.99. The monoisotopic (exact) mass is 376 g/mol. The van der Waals surface area contributed by atoms with Crippen molar-refractivity contribution < 1.29 is 9.47 Å². The molecule has 5 heteroatoms. The molecule has 1 aromatic rings. The van der Waals surface area contributed by atoms with Gasteiger partial charge in [0.05, 0.1) is 11.6 Å². The van der Waals surface area contributed by atoms with E-state index in [4.69, 9.17) is 15.3 Å². The van der Waals surface area contributed by atoms with Crippen molar-refractivity contribution in [2.24, 2.45) is 5.84 Å². The van der Waals surface area contributed by atoms with Crippen molar-refractivity contribution in [2.45, 2.75) is 30.9 Å². The van der Waals surface area contributed by atoms with Gasteiger partial charge in [-0.1, -0.05) is 12.1 Å². The van der Waals surface area contributed by atoms with E-state index in [1.807, 2.05) is 0 Å². The quantitative estimate of drug-likeness (QED) is 0.468. The molecule has 0 aliphatic carbocycles. The van der Waals surface area contributed by atoms with Gasteiger partial charge in [0.25, 0.3) is 0 Å². The Morgan fingerprint density at radius 2 is 2.00 bits per heavy atom. The van der Waals surface area contributed by atoms with Crippen LogP contribution in [-0.2, 0) is 15.9 Å². The summed E-state index contributed by atoms with van der Waals surface area (Å²) in [4.78, 5) is 0. The maximum atomic E-state index is 5.80. The Hall–Kier alpha value is -0.210. The van der Waals surface area contributed by atoms with Crippen LogP contribution in [0.2, 0.25) is 0 Å². The predicted octanol–water partition coefficient (Wildman–Crippen LogP) is 1.86. The van der Waals surface area contributed by atoms with Crippen molar-refractivity contribution in [1.29, 1.82) is 0 Å². The van der Waals surface area contributed by atoms with Gasteiger partial charge >= 0.3 is 0 Å². The Morgan fingerprint density at radius 1 is 1.37 bits per heavy atom. The standard InChI is InChI=1S/C14H21IN2O2/c1-18-14(6-8-19-9-7-14)13(17-16)10-11-2-4-12(15)5-3-11/h2-5,13,17H,6-10,16H2,1H3. The lowest BCUT2D eigenvalue weighted by Crippen LogP contribution is -2.58. The molecule has 1 aromatic carbocycles. The number of benzene rings is 1. The van der Waals surface area contributed by atoms with Crippen molar-refractivity contribution in [3.63, 3.8) is 0 Å². The lowest BCUT2D eigenvalue weighted by atomic mass is 9.83. The van der Waals surface area contributed by atoms with E-state index in [9.17, 15) is 0 Å². The zero-order valence-electron chi connectivity index (χ0n) is 11.2. The first-order valence-corrected chi connectivity index (χ1v) is 7.61. The van der Waals surface area contributed by atoms with Crippen LogP contribution in [0.4, 0.5) is 0 Å². The second-order valence-corrected chi connectivity index (χ2v) is 6.18. The molecule has 1 fully saturated rings. The molecule has 0 radical (unpaired) electrons. The number of hydrogen-bond donors (Lipinski definition) is 2. The molecule has 0 aromatic heterocycles. The molecule has 4 nitrogen and oxygen atoms in total. The van der Waals surface area contributed by atoms with Gasteiger partial charge in [0.15, 0.2) is 0 Å². The average Bonchev–Trinajstić information content (AvgIpc) is 2.47. The fourth-order valence-electron chi connectivity index (χ4n) is 2.66. The summed E-state index contributed by atoms with van der Waals surface area (Å²) in [5.74, 6) is 5.77. The summed E-state index contributed by atoms with van der Waals surface area (Å²) >= 11 is 2.31. The second-order valence-electron chi connectivity index (χ2n) is 4.93. The largest absolute Gasteiger partial charge is 0.381 e. The normalized spacial score (nSPS) is 20.2. The number of hydrogen-bond acceptors (Lipinski definition) is 4. The van der Waals surface area contributed by atoms with Crippen molar-refractivity contribution in [3.8, 4) is 0 Å². The van der Waals surface area contributed by atoms with E-state index in [1.54, 1.807) is 7.11 Å². The zero-order chi connectivity index (χ0) is 13.7. The fraction of sp³-hybridized carbons (Fsp3) is 0.571. The lowest BCUT2D eigenvalue weighted by molar-refractivity contribution is -0.110. The molecule has 1 atom stereocenters. The molecule has 106 valence electrons. The fourth-order valence-corrected chi connectivity index (χ4v) is 3.02. The number of hydrazine groups is 1. The third-order valence-corrected chi connectivity index (χ3v) is 4.65. The topological polar surface area (TPSA) is 56.5 Å². The van der Waals surface area contributed by atoms with E-state index < -0.39 is 0 Å². The molecule has 1 unspecified atom stereocenters. The second kappa shape index (κ2) is 6.99. The molecule has 0 saturated carbocycles. The maximum absolute atomic E-state index is 5.80. The lowest BCUT2D eigenvalue weighted by Gasteiger charge is -2.42. The van der Waals surface area contributed by atoms with Crippen LogP contribution in [0.3, 0.4) is 0 Å². The van der Waals surface area contributed by atoms with Crippen LogP contribution >= 0.6 is 22.6 Å². The molecule has 1 saturated heterocycles. The Balaban J connectivity index is 2.11. The molecule has 3 N–H and O–H groups in total. The predicted molar refractivity (Wildman–Crippen MR) is 83.8 cm³/mol. The highest BCUT2D eigenvalue weighted by molar-refractivity contribution is 14.1. The van der Waals surface area contributed by atoms with Crippen LogP contribution in [0.1, 0.15) is 18.4 Å². The van der Waals surface area contributed by atoms with Gasteiger partial charge in [0.2, 0.25) is 0 Å². The van der Waals surface area contributed by atoms with E-state index in [0.717, 1.165) is 32.5 Å². The van der Waals surface area contributed by atoms with E-state index in [-0.39, 0.29) is 11.6 Å². The Bertz CT molecular complexity index is 391. The molecular weight excluding hydrogens is 355 g/mol. The summed E-state index contributed by atoms with van der Waals surface area (Å²) in [5, 5.41) is 0. The van der Waals surface area contributed by atoms with Crippen LogP contribution in [0.5, 0.6) is 0 Å². The molecule has 19 heavy (non-hydrogen) atoms. The number of rotatable bonds is 5. The Morgan fingerprint density at radius 3 is 2.53 bits per heavy atom. The number of methoxy groups -OCH3 is 1. The summed E-state index contributed by atoms with van der Waals surface area (Å²) in [6.45, 7) is 1.47. The molecule has 1 aliphatic heterocycles. The van der Waals surface area contributed by atoms with E-state index >= 15 is 0 Å². The maximum Gasteiger partial charge on any atom is 0.0891 e. The van der Waals surface area contributed by atoms with Crippen LogP contribution < -0.4 is 11.3 Å². The van der Waals surface area contributed by atoms with Gasteiger partial charge in [-0.25, -0.2) is 0 Å². The summed E-state index contributed by atoms with van der Waals surface area (Å²) in [7, 11) is 1.77. The zero-order valence-corrected chi connectivity index (χ0v) is 13.4. The van der Waals surface area contributed by atoms with Crippen molar-refractivity contribution in [3.05, 3.63) is 33.4 Å². The SMILES string of the molecule is COC1(C(Cc2ccc(I)cc2)NN)CCOCC1. The van der Waals surface area contributed by atoms with Gasteiger partial charge in [-0.2, -0.15) is 0 Å². The Labute approximate surface area is 128 Å².